The van der Waals surface area contributed by atoms with Crippen LogP contribution in [0.25, 0.3) is 11.0 Å². The number of hydrogen-bond donors (Lipinski definition) is 1. The molecule has 1 N–H and O–H groups in total. The van der Waals surface area contributed by atoms with Crippen molar-refractivity contribution in [2.75, 3.05) is 11.5 Å². The second-order valence-corrected chi connectivity index (χ2v) is 8.98. The number of carbonyl (C=O) groups is 2. The van der Waals surface area contributed by atoms with Crippen LogP contribution in [0.2, 0.25) is 0 Å². The van der Waals surface area contributed by atoms with E-state index in [-0.39, 0.29) is 17.0 Å². The van der Waals surface area contributed by atoms with Gasteiger partial charge in [-0.1, -0.05) is 28.1 Å². The molecule has 0 saturated carbocycles. The van der Waals surface area contributed by atoms with Crippen LogP contribution in [0.5, 0.6) is 5.75 Å². The Morgan fingerprint density at radius 2 is 1.81 bits per heavy atom. The molecular formula is C27H18BrF2NO5. The summed E-state index contributed by atoms with van der Waals surface area (Å²) >= 11 is 3.37. The van der Waals surface area contributed by atoms with Crippen LogP contribution in [-0.4, -0.2) is 23.4 Å². The fourth-order valence-electron chi connectivity index (χ4n) is 4.23. The van der Waals surface area contributed by atoms with Crippen molar-refractivity contribution in [3.05, 3.63) is 105 Å². The molecule has 0 spiro atoms. The summed E-state index contributed by atoms with van der Waals surface area (Å²) in [5, 5.41) is 11.5. The topological polar surface area (TPSA) is 80.0 Å². The van der Waals surface area contributed by atoms with Crippen LogP contribution in [0.4, 0.5) is 14.5 Å². The number of ether oxygens (including phenoxy) is 1. The van der Waals surface area contributed by atoms with Gasteiger partial charge < -0.3 is 14.3 Å². The number of furan rings is 1. The molecule has 36 heavy (non-hydrogen) atoms. The first kappa shape index (κ1) is 23.7. The maximum absolute atomic E-state index is 14.1. The molecular weight excluding hydrogens is 536 g/mol. The van der Waals surface area contributed by atoms with Gasteiger partial charge in [0.1, 0.15) is 11.3 Å². The van der Waals surface area contributed by atoms with Gasteiger partial charge in [0.15, 0.2) is 23.2 Å². The fraction of sp³-hybridized carbons (Fsp3) is 0.111. The van der Waals surface area contributed by atoms with Gasteiger partial charge in [0.05, 0.1) is 18.2 Å². The molecule has 6 nitrogen and oxygen atoms in total. The average Bonchev–Trinajstić information content (AvgIpc) is 3.40. The normalized spacial score (nSPS) is 15.7. The lowest BCUT2D eigenvalue weighted by molar-refractivity contribution is -0.117. The highest BCUT2D eigenvalue weighted by Crippen LogP contribution is 2.43. The van der Waals surface area contributed by atoms with E-state index in [1.54, 1.807) is 42.5 Å². The first-order valence-corrected chi connectivity index (χ1v) is 11.8. The van der Waals surface area contributed by atoms with Crippen LogP contribution in [-0.2, 0) is 4.79 Å². The number of hydrogen-bond acceptors (Lipinski definition) is 5. The standard InChI is InChI=1S/C27H18BrF2NO5/c1-2-35-18-7-3-14(4-8-18)24-23(25(32)22-12-15-11-16(28)5-10-21(15)36-22)26(33)27(34)31(24)17-6-9-19(29)20(30)13-17/h3-13,24,33H,2H2,1H3. The third-order valence-electron chi connectivity index (χ3n) is 5.84. The average molecular weight is 554 g/mol. The van der Waals surface area contributed by atoms with Crippen molar-refractivity contribution in [3.63, 3.8) is 0 Å². The monoisotopic (exact) mass is 553 g/mol. The largest absolute Gasteiger partial charge is 0.503 e. The van der Waals surface area contributed by atoms with E-state index in [1.165, 1.54) is 12.1 Å². The van der Waals surface area contributed by atoms with Gasteiger partial charge in [-0.3, -0.25) is 14.5 Å². The number of Topliss-reactive ketones (excluding diaryl/α,β-unsaturated/α-hetero) is 1. The fourth-order valence-corrected chi connectivity index (χ4v) is 4.60. The molecule has 5 rings (SSSR count). The van der Waals surface area contributed by atoms with Crippen molar-refractivity contribution >= 4 is 44.3 Å². The van der Waals surface area contributed by atoms with Gasteiger partial charge in [0.25, 0.3) is 5.91 Å². The van der Waals surface area contributed by atoms with E-state index in [0.29, 0.717) is 28.9 Å². The Labute approximate surface area is 212 Å². The lowest BCUT2D eigenvalue weighted by Crippen LogP contribution is -2.31. The van der Waals surface area contributed by atoms with Gasteiger partial charge >= 0.3 is 0 Å². The van der Waals surface area contributed by atoms with Crippen molar-refractivity contribution in [2.24, 2.45) is 0 Å². The van der Waals surface area contributed by atoms with Gasteiger partial charge in [-0.15, -0.1) is 0 Å². The highest BCUT2D eigenvalue weighted by molar-refractivity contribution is 9.10. The third kappa shape index (κ3) is 4.05. The number of ketones is 1. The first-order chi connectivity index (χ1) is 17.3. The van der Waals surface area contributed by atoms with Crippen LogP contribution in [0, 0.1) is 11.6 Å². The molecule has 1 aromatic heterocycles. The van der Waals surface area contributed by atoms with Gasteiger partial charge in [0.2, 0.25) is 5.78 Å². The molecule has 0 saturated heterocycles. The Kier molecular flexibility index (Phi) is 6.09. The number of benzene rings is 3. The SMILES string of the molecule is CCOc1ccc(C2C(C(=O)c3cc4cc(Br)ccc4o3)=C(O)C(=O)N2c2ccc(F)c(F)c2)cc1. The zero-order chi connectivity index (χ0) is 25.6. The minimum atomic E-state index is -1.17. The first-order valence-electron chi connectivity index (χ1n) is 11.0. The van der Waals surface area contributed by atoms with Gasteiger partial charge in [-0.25, -0.2) is 8.78 Å². The molecule has 1 amide bonds. The molecule has 182 valence electrons. The minimum absolute atomic E-state index is 0.0272. The molecule has 3 aromatic carbocycles. The summed E-state index contributed by atoms with van der Waals surface area (Å²) < 4.78 is 39.7. The maximum Gasteiger partial charge on any atom is 0.294 e. The van der Waals surface area contributed by atoms with E-state index in [9.17, 15) is 23.5 Å². The predicted molar refractivity (Wildman–Crippen MR) is 132 cm³/mol. The number of halogens is 3. The Hall–Kier alpha value is -3.98. The molecule has 0 fully saturated rings. The second-order valence-electron chi connectivity index (χ2n) is 8.06. The van der Waals surface area contributed by atoms with Crippen LogP contribution in [0.1, 0.15) is 29.1 Å². The van der Waals surface area contributed by atoms with Gasteiger partial charge in [-0.2, -0.15) is 0 Å². The molecule has 0 bridgehead atoms. The quantitative estimate of drug-likeness (QED) is 0.270. The van der Waals surface area contributed by atoms with E-state index in [0.717, 1.165) is 21.5 Å². The molecule has 4 aromatic rings. The molecule has 1 atom stereocenters. The number of carbonyl (C=O) groups excluding carboxylic acids is 2. The number of anilines is 1. The van der Waals surface area contributed by atoms with Gasteiger partial charge in [-0.05, 0) is 61.0 Å². The number of aliphatic hydroxyl groups excluding tert-OH is 1. The summed E-state index contributed by atoms with van der Waals surface area (Å²) in [5.41, 5.74) is 0.622. The van der Waals surface area contributed by atoms with Crippen molar-refractivity contribution in [3.8, 4) is 5.75 Å². The summed E-state index contributed by atoms with van der Waals surface area (Å²) in [7, 11) is 0. The van der Waals surface area contributed by atoms with E-state index >= 15 is 0 Å². The number of aliphatic hydroxyl groups is 1. The van der Waals surface area contributed by atoms with Gasteiger partial charge in [0, 0.05) is 21.6 Å². The molecule has 0 radical (unpaired) electrons. The minimum Gasteiger partial charge on any atom is -0.503 e. The maximum atomic E-state index is 14.1. The summed E-state index contributed by atoms with van der Waals surface area (Å²) in [5.74, 6) is -4.23. The van der Waals surface area contributed by atoms with E-state index in [2.05, 4.69) is 15.9 Å². The summed E-state index contributed by atoms with van der Waals surface area (Å²) in [4.78, 5) is 27.9. The number of amides is 1. The zero-order valence-electron chi connectivity index (χ0n) is 18.8. The molecule has 0 aliphatic carbocycles. The smallest absolute Gasteiger partial charge is 0.294 e. The van der Waals surface area contributed by atoms with Crippen LogP contribution < -0.4 is 9.64 Å². The molecule has 2 heterocycles. The Bertz CT molecular complexity index is 1540. The summed E-state index contributed by atoms with van der Waals surface area (Å²) in [6.07, 6.45) is 0. The number of nitrogens with zero attached hydrogens (tertiary/aromatic N) is 1. The lowest BCUT2D eigenvalue weighted by Gasteiger charge is -2.27. The highest BCUT2D eigenvalue weighted by Gasteiger charge is 2.45. The van der Waals surface area contributed by atoms with Crippen molar-refractivity contribution in [1.29, 1.82) is 0 Å². The molecule has 1 aliphatic rings. The van der Waals surface area contributed by atoms with E-state index in [4.69, 9.17) is 9.15 Å². The van der Waals surface area contributed by atoms with E-state index < -0.39 is 35.1 Å². The molecule has 1 unspecified atom stereocenters. The molecule has 1 aliphatic heterocycles. The number of fused-ring (bicyclic) bond motifs is 1. The predicted octanol–water partition coefficient (Wildman–Crippen LogP) is 6.66. The van der Waals surface area contributed by atoms with Crippen LogP contribution in [0.3, 0.4) is 0 Å². The molecule has 9 heteroatoms. The number of rotatable bonds is 6. The lowest BCUT2D eigenvalue weighted by atomic mass is 9.94. The Morgan fingerprint density at radius 1 is 1.06 bits per heavy atom. The zero-order valence-corrected chi connectivity index (χ0v) is 20.4. The third-order valence-corrected chi connectivity index (χ3v) is 6.34. The second kappa shape index (κ2) is 9.23. The Morgan fingerprint density at radius 3 is 2.50 bits per heavy atom. The summed E-state index contributed by atoms with van der Waals surface area (Å²) in [6.45, 7) is 2.27. The Balaban J connectivity index is 1.64. The van der Waals surface area contributed by atoms with E-state index in [1.807, 2.05) is 6.92 Å². The van der Waals surface area contributed by atoms with Crippen molar-refractivity contribution in [1.82, 2.24) is 0 Å². The van der Waals surface area contributed by atoms with Crippen LogP contribution in [0.15, 0.2) is 87.0 Å². The van der Waals surface area contributed by atoms with Crippen molar-refractivity contribution < 1.29 is 32.6 Å². The summed E-state index contributed by atoms with van der Waals surface area (Å²) in [6, 6.07) is 15.1. The van der Waals surface area contributed by atoms with Crippen molar-refractivity contribution in [2.45, 2.75) is 13.0 Å². The highest BCUT2D eigenvalue weighted by atomic mass is 79.9. The van der Waals surface area contributed by atoms with Crippen LogP contribution >= 0.6 is 15.9 Å².